The fourth-order valence-corrected chi connectivity index (χ4v) is 2.83. The second kappa shape index (κ2) is 7.03. The Morgan fingerprint density at radius 2 is 2.00 bits per heavy atom. The Balaban J connectivity index is 1.77. The molecule has 0 spiro atoms. The molecule has 1 unspecified atom stereocenters. The average Bonchev–Trinajstić information content (AvgIpc) is 2.59. The molecular formula is C18H17ClN4O2. The molecule has 0 saturated carbocycles. The Hall–Kier alpha value is -2.73. The number of aromatic nitrogens is 1. The predicted molar refractivity (Wildman–Crippen MR) is 96.7 cm³/mol. The van der Waals surface area contributed by atoms with Gasteiger partial charge in [0.25, 0.3) is 5.91 Å². The Bertz CT molecular complexity index is 848. The van der Waals surface area contributed by atoms with E-state index in [4.69, 9.17) is 11.6 Å². The Labute approximate surface area is 150 Å². The molecule has 25 heavy (non-hydrogen) atoms. The average molecular weight is 357 g/mol. The van der Waals surface area contributed by atoms with Crippen LogP contribution in [-0.4, -0.2) is 34.6 Å². The first-order chi connectivity index (χ1) is 12.0. The number of amides is 2. The van der Waals surface area contributed by atoms with Crippen LogP contribution in [0.1, 0.15) is 29.3 Å². The summed E-state index contributed by atoms with van der Waals surface area (Å²) >= 11 is 5.93. The summed E-state index contributed by atoms with van der Waals surface area (Å²) in [5, 5.41) is 8.67. The smallest absolute Gasteiger partial charge is 0.258 e. The molecule has 0 radical (unpaired) electrons. The van der Waals surface area contributed by atoms with Crippen molar-refractivity contribution in [2.75, 3.05) is 12.4 Å². The molecule has 1 N–H and O–H groups in total. The fraction of sp³-hybridized carbons (Fsp3) is 0.222. The minimum atomic E-state index is -0.320. The maximum atomic E-state index is 12.2. The fourth-order valence-electron chi connectivity index (χ4n) is 2.63. The topological polar surface area (TPSA) is 74.7 Å². The van der Waals surface area contributed by atoms with Gasteiger partial charge >= 0.3 is 0 Å². The minimum absolute atomic E-state index is 0.00785. The van der Waals surface area contributed by atoms with E-state index in [1.807, 2.05) is 19.1 Å². The maximum absolute atomic E-state index is 12.2. The van der Waals surface area contributed by atoms with E-state index >= 15 is 0 Å². The highest BCUT2D eigenvalue weighted by Crippen LogP contribution is 2.22. The molecule has 6 nitrogen and oxygen atoms in total. The van der Waals surface area contributed by atoms with E-state index in [-0.39, 0.29) is 22.9 Å². The second-order valence-electron chi connectivity index (χ2n) is 5.88. The van der Waals surface area contributed by atoms with Gasteiger partial charge in [0.15, 0.2) is 0 Å². The summed E-state index contributed by atoms with van der Waals surface area (Å²) in [5.41, 5.74) is 2.74. The number of hydrogen-bond acceptors (Lipinski definition) is 4. The predicted octanol–water partition coefficient (Wildman–Crippen LogP) is 3.19. The van der Waals surface area contributed by atoms with Gasteiger partial charge in [0.2, 0.25) is 5.91 Å². The SMILES string of the molecule is CC1CC(=O)N(C)N=C1c1ccc(NC(=O)c2cccnc2Cl)cc1. The van der Waals surface area contributed by atoms with Crippen molar-refractivity contribution in [1.82, 2.24) is 9.99 Å². The van der Waals surface area contributed by atoms with Gasteiger partial charge in [-0.1, -0.05) is 30.7 Å². The number of pyridine rings is 1. The van der Waals surface area contributed by atoms with E-state index < -0.39 is 0 Å². The van der Waals surface area contributed by atoms with E-state index in [9.17, 15) is 9.59 Å². The van der Waals surface area contributed by atoms with Crippen LogP contribution in [0.2, 0.25) is 5.15 Å². The van der Waals surface area contributed by atoms with Crippen molar-refractivity contribution in [3.8, 4) is 0 Å². The molecule has 0 bridgehead atoms. The number of nitrogens with zero attached hydrogens (tertiary/aromatic N) is 3. The zero-order valence-electron chi connectivity index (χ0n) is 13.9. The molecule has 0 saturated heterocycles. The van der Waals surface area contributed by atoms with Gasteiger partial charge in [0, 0.05) is 31.3 Å². The number of hydrazone groups is 1. The molecule has 0 fully saturated rings. The van der Waals surface area contributed by atoms with E-state index in [2.05, 4.69) is 15.4 Å². The lowest BCUT2D eigenvalue weighted by atomic mass is 9.94. The largest absolute Gasteiger partial charge is 0.322 e. The standard InChI is InChI=1S/C18H17ClN4O2/c1-11-10-15(24)23(2)22-16(11)12-5-7-13(8-6-12)21-18(25)14-4-3-9-20-17(14)19/h3-9,11H,10H2,1-2H3,(H,21,25). The number of halogens is 1. The van der Waals surface area contributed by atoms with Crippen molar-refractivity contribution in [2.24, 2.45) is 11.0 Å². The van der Waals surface area contributed by atoms with Gasteiger partial charge in [0.1, 0.15) is 5.15 Å². The molecule has 1 atom stereocenters. The highest BCUT2D eigenvalue weighted by molar-refractivity contribution is 6.33. The van der Waals surface area contributed by atoms with Crippen molar-refractivity contribution in [3.05, 3.63) is 58.9 Å². The molecule has 7 heteroatoms. The molecule has 1 aromatic carbocycles. The number of carbonyl (C=O) groups is 2. The lowest BCUT2D eigenvalue weighted by molar-refractivity contribution is -0.131. The summed E-state index contributed by atoms with van der Waals surface area (Å²) in [6, 6.07) is 10.6. The van der Waals surface area contributed by atoms with E-state index in [1.54, 1.807) is 31.3 Å². The van der Waals surface area contributed by atoms with Gasteiger partial charge in [-0.3, -0.25) is 9.59 Å². The molecule has 2 heterocycles. The van der Waals surface area contributed by atoms with Gasteiger partial charge in [-0.15, -0.1) is 0 Å². The van der Waals surface area contributed by atoms with Crippen molar-refractivity contribution >= 4 is 34.8 Å². The van der Waals surface area contributed by atoms with Crippen LogP contribution in [-0.2, 0) is 4.79 Å². The number of anilines is 1. The number of carbonyl (C=O) groups excluding carboxylic acids is 2. The zero-order chi connectivity index (χ0) is 18.0. The minimum Gasteiger partial charge on any atom is -0.322 e. The van der Waals surface area contributed by atoms with Crippen molar-refractivity contribution < 1.29 is 9.59 Å². The van der Waals surface area contributed by atoms with Gasteiger partial charge in [-0.05, 0) is 29.8 Å². The highest BCUT2D eigenvalue weighted by atomic mass is 35.5. The van der Waals surface area contributed by atoms with Crippen LogP contribution >= 0.6 is 11.6 Å². The molecule has 1 aromatic heterocycles. The molecule has 0 aliphatic carbocycles. The molecule has 1 aliphatic heterocycles. The first-order valence-corrected chi connectivity index (χ1v) is 8.21. The zero-order valence-corrected chi connectivity index (χ0v) is 14.6. The van der Waals surface area contributed by atoms with Gasteiger partial charge < -0.3 is 5.32 Å². The van der Waals surface area contributed by atoms with Crippen LogP contribution < -0.4 is 5.32 Å². The molecule has 128 valence electrons. The summed E-state index contributed by atoms with van der Waals surface area (Å²) in [6.45, 7) is 1.98. The molecule has 1 aliphatic rings. The van der Waals surface area contributed by atoms with Crippen molar-refractivity contribution in [3.63, 3.8) is 0 Å². The van der Waals surface area contributed by atoms with Crippen LogP contribution in [0, 0.1) is 5.92 Å². The van der Waals surface area contributed by atoms with Crippen molar-refractivity contribution in [1.29, 1.82) is 0 Å². The second-order valence-corrected chi connectivity index (χ2v) is 6.24. The summed E-state index contributed by atoms with van der Waals surface area (Å²) in [5.74, 6) is -0.258. The normalized spacial score (nSPS) is 17.2. The highest BCUT2D eigenvalue weighted by Gasteiger charge is 2.25. The first-order valence-electron chi connectivity index (χ1n) is 7.83. The Kier molecular flexibility index (Phi) is 4.81. The van der Waals surface area contributed by atoms with Crippen LogP contribution in [0.5, 0.6) is 0 Å². The molecule has 3 rings (SSSR count). The Morgan fingerprint density at radius 1 is 1.28 bits per heavy atom. The number of nitrogens with one attached hydrogen (secondary N) is 1. The third-order valence-electron chi connectivity index (χ3n) is 4.01. The van der Waals surface area contributed by atoms with Crippen LogP contribution in [0.15, 0.2) is 47.7 Å². The summed E-state index contributed by atoms with van der Waals surface area (Å²) in [6.07, 6.45) is 1.97. The van der Waals surface area contributed by atoms with Crippen LogP contribution in [0.25, 0.3) is 0 Å². The van der Waals surface area contributed by atoms with Gasteiger partial charge in [-0.25, -0.2) is 9.99 Å². The quantitative estimate of drug-likeness (QED) is 0.858. The summed E-state index contributed by atoms with van der Waals surface area (Å²) < 4.78 is 0. The van der Waals surface area contributed by atoms with Crippen LogP contribution in [0.3, 0.4) is 0 Å². The summed E-state index contributed by atoms with van der Waals surface area (Å²) in [4.78, 5) is 27.8. The van der Waals surface area contributed by atoms with Crippen molar-refractivity contribution in [2.45, 2.75) is 13.3 Å². The van der Waals surface area contributed by atoms with Gasteiger partial charge in [-0.2, -0.15) is 5.10 Å². The monoisotopic (exact) mass is 356 g/mol. The number of hydrogen-bond donors (Lipinski definition) is 1. The third-order valence-corrected chi connectivity index (χ3v) is 4.31. The van der Waals surface area contributed by atoms with Gasteiger partial charge in [0.05, 0.1) is 11.3 Å². The van der Waals surface area contributed by atoms with E-state index in [1.165, 1.54) is 11.2 Å². The molecule has 2 amide bonds. The maximum Gasteiger partial charge on any atom is 0.258 e. The lowest BCUT2D eigenvalue weighted by Crippen LogP contribution is -2.33. The third kappa shape index (κ3) is 3.69. The van der Waals surface area contributed by atoms with E-state index in [0.29, 0.717) is 17.7 Å². The van der Waals surface area contributed by atoms with E-state index in [0.717, 1.165) is 11.3 Å². The molecular weight excluding hydrogens is 340 g/mol. The van der Waals surface area contributed by atoms with Crippen LogP contribution in [0.4, 0.5) is 5.69 Å². The number of benzene rings is 1. The lowest BCUT2D eigenvalue weighted by Gasteiger charge is -2.24. The first kappa shape index (κ1) is 17.1. The number of rotatable bonds is 3. The molecule has 2 aromatic rings. The Morgan fingerprint density at radius 3 is 2.68 bits per heavy atom. The summed E-state index contributed by atoms with van der Waals surface area (Å²) in [7, 11) is 1.65.